The second-order valence-electron chi connectivity index (χ2n) is 8.62. The van der Waals surface area contributed by atoms with Crippen molar-refractivity contribution in [2.24, 2.45) is 11.8 Å². The second kappa shape index (κ2) is 11.5. The van der Waals surface area contributed by atoms with E-state index in [9.17, 15) is 14.7 Å². The predicted octanol–water partition coefficient (Wildman–Crippen LogP) is 3.56. The van der Waals surface area contributed by atoms with Gasteiger partial charge in [-0.1, -0.05) is 18.6 Å². The van der Waals surface area contributed by atoms with E-state index in [1.807, 2.05) is 12.2 Å². The summed E-state index contributed by atoms with van der Waals surface area (Å²) in [6.07, 6.45) is 9.68. The van der Waals surface area contributed by atoms with Crippen molar-refractivity contribution < 1.29 is 28.9 Å². The lowest BCUT2D eigenvalue weighted by Crippen LogP contribution is -2.26. The first kappa shape index (κ1) is 24.4. The van der Waals surface area contributed by atoms with Gasteiger partial charge < -0.3 is 19.3 Å². The fourth-order valence-electron chi connectivity index (χ4n) is 4.53. The second-order valence-corrected chi connectivity index (χ2v) is 8.62. The molecule has 2 rings (SSSR count). The zero-order valence-electron chi connectivity index (χ0n) is 18.7. The summed E-state index contributed by atoms with van der Waals surface area (Å²) in [5.74, 6) is 5.66. The summed E-state index contributed by atoms with van der Waals surface area (Å²) in [4.78, 5) is 22.8. The molecule has 168 valence electrons. The SMILES string of the molecule is CC#CCCC(C)(O)C=C[C@H]1C(OC(C)=O)C[C@@H]2O[C@H](CCCCC(=O)OC)C[C@@H]21. The van der Waals surface area contributed by atoms with Crippen LogP contribution in [0.1, 0.15) is 72.1 Å². The number of rotatable bonds is 10. The molecule has 0 radical (unpaired) electrons. The van der Waals surface area contributed by atoms with Crippen LogP contribution in [0.15, 0.2) is 12.2 Å². The van der Waals surface area contributed by atoms with Crippen LogP contribution < -0.4 is 0 Å². The van der Waals surface area contributed by atoms with Gasteiger partial charge in [0.25, 0.3) is 0 Å². The van der Waals surface area contributed by atoms with E-state index in [2.05, 4.69) is 16.6 Å². The topological polar surface area (TPSA) is 82.1 Å². The zero-order valence-corrected chi connectivity index (χ0v) is 18.7. The molecule has 6 nitrogen and oxygen atoms in total. The van der Waals surface area contributed by atoms with Gasteiger partial charge in [-0.2, -0.15) is 0 Å². The Bertz CT molecular complexity index is 671. The van der Waals surface area contributed by atoms with Crippen LogP contribution in [0.3, 0.4) is 0 Å². The zero-order chi connectivity index (χ0) is 22.1. The van der Waals surface area contributed by atoms with E-state index in [1.165, 1.54) is 14.0 Å². The predicted molar refractivity (Wildman–Crippen MR) is 113 cm³/mol. The molecule has 1 saturated heterocycles. The normalized spacial score (nSPS) is 29.7. The molecule has 1 heterocycles. The van der Waals surface area contributed by atoms with E-state index in [4.69, 9.17) is 9.47 Å². The van der Waals surface area contributed by atoms with E-state index < -0.39 is 5.60 Å². The highest BCUT2D eigenvalue weighted by molar-refractivity contribution is 5.69. The Hall–Kier alpha value is -1.84. The van der Waals surface area contributed by atoms with Crippen LogP contribution in [0, 0.1) is 23.7 Å². The van der Waals surface area contributed by atoms with Gasteiger partial charge in [-0.15, -0.1) is 11.8 Å². The number of hydrogen-bond acceptors (Lipinski definition) is 6. The van der Waals surface area contributed by atoms with Gasteiger partial charge in [0.1, 0.15) is 6.10 Å². The van der Waals surface area contributed by atoms with E-state index >= 15 is 0 Å². The summed E-state index contributed by atoms with van der Waals surface area (Å²) in [5.41, 5.74) is -0.949. The number of carbonyl (C=O) groups excluding carboxylic acids is 2. The van der Waals surface area contributed by atoms with Crippen LogP contribution in [0.25, 0.3) is 0 Å². The maximum absolute atomic E-state index is 11.6. The third kappa shape index (κ3) is 7.45. The molecular formula is C24H36O6. The lowest BCUT2D eigenvalue weighted by Gasteiger charge is -2.23. The summed E-state index contributed by atoms with van der Waals surface area (Å²) >= 11 is 0. The Labute approximate surface area is 180 Å². The summed E-state index contributed by atoms with van der Waals surface area (Å²) in [6.45, 7) is 5.00. The molecule has 2 unspecified atom stereocenters. The number of fused-ring (bicyclic) bond motifs is 1. The monoisotopic (exact) mass is 420 g/mol. The molecule has 0 aromatic carbocycles. The van der Waals surface area contributed by atoms with Crippen molar-refractivity contribution in [3.05, 3.63) is 12.2 Å². The van der Waals surface area contributed by atoms with Crippen molar-refractivity contribution in [2.45, 2.75) is 96.1 Å². The lowest BCUT2D eigenvalue weighted by atomic mass is 9.87. The molecule has 1 saturated carbocycles. The third-order valence-electron chi connectivity index (χ3n) is 6.08. The molecule has 1 aliphatic carbocycles. The first-order valence-electron chi connectivity index (χ1n) is 11.0. The largest absolute Gasteiger partial charge is 0.469 e. The van der Waals surface area contributed by atoms with Gasteiger partial charge in [0.15, 0.2) is 0 Å². The van der Waals surface area contributed by atoms with Gasteiger partial charge in [-0.05, 0) is 45.4 Å². The van der Waals surface area contributed by atoms with Gasteiger partial charge in [0, 0.05) is 32.1 Å². The third-order valence-corrected chi connectivity index (χ3v) is 6.08. The van der Waals surface area contributed by atoms with Crippen LogP contribution in [0.5, 0.6) is 0 Å². The van der Waals surface area contributed by atoms with Crippen molar-refractivity contribution >= 4 is 11.9 Å². The Morgan fingerprint density at radius 1 is 1.30 bits per heavy atom. The average molecular weight is 421 g/mol. The molecule has 0 aromatic rings. The van der Waals surface area contributed by atoms with E-state index in [0.29, 0.717) is 25.7 Å². The highest BCUT2D eigenvalue weighted by atomic mass is 16.6. The number of unbranched alkanes of at least 4 members (excludes halogenated alkanes) is 1. The minimum Gasteiger partial charge on any atom is -0.469 e. The number of esters is 2. The molecule has 6 atom stereocenters. The van der Waals surface area contributed by atoms with Crippen molar-refractivity contribution in [1.82, 2.24) is 0 Å². The van der Waals surface area contributed by atoms with Crippen molar-refractivity contribution in [3.63, 3.8) is 0 Å². The summed E-state index contributed by atoms with van der Waals surface area (Å²) < 4.78 is 16.5. The number of ether oxygens (including phenoxy) is 3. The number of carbonyl (C=O) groups is 2. The standard InChI is InChI=1S/C24H36O6/c1-5-6-9-13-24(3,27)14-12-19-20-15-18(10-7-8-11-23(26)28-4)30-22(20)16-21(19)29-17(2)25/h12,14,18-22,27H,7-11,13,15-16H2,1-4H3/t18-,19-,20-,21?,22+,24?/m1/s1. The summed E-state index contributed by atoms with van der Waals surface area (Å²) in [5, 5.41) is 10.6. The lowest BCUT2D eigenvalue weighted by molar-refractivity contribution is -0.148. The van der Waals surface area contributed by atoms with Gasteiger partial charge >= 0.3 is 11.9 Å². The van der Waals surface area contributed by atoms with Crippen LogP contribution >= 0.6 is 0 Å². The van der Waals surface area contributed by atoms with E-state index in [1.54, 1.807) is 13.8 Å². The van der Waals surface area contributed by atoms with Crippen LogP contribution in [-0.4, -0.2) is 48.1 Å². The van der Waals surface area contributed by atoms with E-state index in [0.717, 1.165) is 25.7 Å². The van der Waals surface area contributed by atoms with Gasteiger partial charge in [-0.25, -0.2) is 0 Å². The fraction of sp³-hybridized carbons (Fsp3) is 0.750. The Morgan fingerprint density at radius 3 is 2.73 bits per heavy atom. The molecular weight excluding hydrogens is 384 g/mol. The Morgan fingerprint density at radius 2 is 2.07 bits per heavy atom. The molecule has 0 aromatic heterocycles. The summed E-state index contributed by atoms with van der Waals surface area (Å²) in [7, 11) is 1.41. The Kier molecular flexibility index (Phi) is 9.38. The van der Waals surface area contributed by atoms with Crippen molar-refractivity contribution in [3.8, 4) is 11.8 Å². The van der Waals surface area contributed by atoms with Crippen LogP contribution in [0.4, 0.5) is 0 Å². The number of methoxy groups -OCH3 is 1. The highest BCUT2D eigenvalue weighted by Crippen LogP contribution is 2.46. The molecule has 0 spiro atoms. The average Bonchev–Trinajstić information content (AvgIpc) is 3.20. The van der Waals surface area contributed by atoms with Crippen molar-refractivity contribution in [2.75, 3.05) is 7.11 Å². The number of hydrogen-bond donors (Lipinski definition) is 1. The maximum Gasteiger partial charge on any atom is 0.305 e. The maximum atomic E-state index is 11.6. The van der Waals surface area contributed by atoms with Gasteiger partial charge in [-0.3, -0.25) is 9.59 Å². The molecule has 30 heavy (non-hydrogen) atoms. The molecule has 1 aliphatic heterocycles. The molecule has 1 N–H and O–H groups in total. The Balaban J connectivity index is 1.95. The molecule has 6 heteroatoms. The minimum atomic E-state index is -0.949. The van der Waals surface area contributed by atoms with Crippen LogP contribution in [0.2, 0.25) is 0 Å². The highest BCUT2D eigenvalue weighted by Gasteiger charge is 2.49. The van der Waals surface area contributed by atoms with Gasteiger partial charge in [0.2, 0.25) is 0 Å². The molecule has 2 fully saturated rings. The minimum absolute atomic E-state index is 0.0303. The molecule has 0 bridgehead atoms. The smallest absolute Gasteiger partial charge is 0.305 e. The van der Waals surface area contributed by atoms with E-state index in [-0.39, 0.29) is 42.1 Å². The fourth-order valence-corrected chi connectivity index (χ4v) is 4.53. The van der Waals surface area contributed by atoms with Crippen molar-refractivity contribution in [1.29, 1.82) is 0 Å². The molecule has 2 aliphatic rings. The molecule has 0 amide bonds. The first-order valence-corrected chi connectivity index (χ1v) is 11.0. The first-order chi connectivity index (χ1) is 14.3. The van der Waals surface area contributed by atoms with Gasteiger partial charge in [0.05, 0.1) is 24.9 Å². The van der Waals surface area contributed by atoms with Crippen LogP contribution in [-0.2, 0) is 23.8 Å². The number of aliphatic hydroxyl groups is 1. The summed E-state index contributed by atoms with van der Waals surface area (Å²) in [6, 6.07) is 0. The quantitative estimate of drug-likeness (QED) is 0.252.